The van der Waals surface area contributed by atoms with E-state index in [-0.39, 0.29) is 86.0 Å². The summed E-state index contributed by atoms with van der Waals surface area (Å²) in [6.07, 6.45) is 4.35. The van der Waals surface area contributed by atoms with Crippen LogP contribution in [0.2, 0.25) is 0 Å². The minimum absolute atomic E-state index is 0.0234. The molecule has 17 N–H and O–H groups in total. The van der Waals surface area contributed by atoms with Gasteiger partial charge < -0.3 is 65.9 Å². The van der Waals surface area contributed by atoms with Crippen molar-refractivity contribution < 1.29 is 46.8 Å². The van der Waals surface area contributed by atoms with Crippen LogP contribution in [0, 0.1) is 36.5 Å². The number of nitrogens with two attached hydrogens (primary N) is 5. The van der Waals surface area contributed by atoms with E-state index in [0.29, 0.717) is 64.6 Å². The molecule has 23 nitrogen and oxygen atoms in total. The molecule has 0 heterocycles. The first-order valence-corrected chi connectivity index (χ1v) is 30.7. The summed E-state index contributed by atoms with van der Waals surface area (Å²) >= 11 is 0. The second-order valence-electron chi connectivity index (χ2n) is 23.8. The van der Waals surface area contributed by atoms with Gasteiger partial charge in [-0.3, -0.25) is 38.4 Å². The number of carbonyl (C=O) groups is 8. The van der Waals surface area contributed by atoms with Crippen molar-refractivity contribution in [1.29, 1.82) is 0 Å². The number of aryl methyl sites for hydroxylation is 1. The summed E-state index contributed by atoms with van der Waals surface area (Å²) in [4.78, 5) is 112. The van der Waals surface area contributed by atoms with Crippen LogP contribution in [-0.4, -0.2) is 141 Å². The first kappa shape index (κ1) is 73.7. The maximum atomic E-state index is 14.4. The number of hydrogen-bond donors (Lipinski definition) is 12. The molecule has 0 aliphatic carbocycles. The van der Waals surface area contributed by atoms with E-state index in [9.17, 15) is 46.8 Å². The molecule has 8 atom stereocenters. The Balaban J connectivity index is 3.57. The zero-order valence-electron chi connectivity index (χ0n) is 50.6. The van der Waals surface area contributed by atoms with Gasteiger partial charge in [-0.1, -0.05) is 86.9 Å². The van der Waals surface area contributed by atoms with Crippen LogP contribution in [0.15, 0.2) is 29.2 Å². The number of benzene rings is 1. The van der Waals surface area contributed by atoms with E-state index < -0.39 is 112 Å². The predicted octanol–water partition coefficient (Wildman–Crippen LogP) is 1.81. The third-order valence-corrected chi connectivity index (χ3v) is 15.2. The molecular weight excluding hydrogens is 1060 g/mol. The molecule has 0 bridgehead atoms. The van der Waals surface area contributed by atoms with Crippen molar-refractivity contribution in [3.05, 3.63) is 29.8 Å². The fraction of sp³-hybridized carbons (Fsp3) is 0.754. The lowest BCUT2D eigenvalue weighted by atomic mass is 9.98. The monoisotopic (exact) mass is 1160 g/mol. The molecule has 0 aliphatic rings. The maximum absolute atomic E-state index is 14.4. The fourth-order valence-corrected chi connectivity index (χ4v) is 10.6. The van der Waals surface area contributed by atoms with Crippen LogP contribution in [0.5, 0.6) is 0 Å². The molecule has 0 fully saturated rings. The van der Waals surface area contributed by atoms with E-state index in [1.807, 2.05) is 76.2 Å². The molecule has 1 aromatic carbocycles. The van der Waals surface area contributed by atoms with Gasteiger partial charge >= 0.3 is 0 Å². The Morgan fingerprint density at radius 3 is 1.06 bits per heavy atom. The molecule has 0 saturated carbocycles. The normalized spacial score (nSPS) is 14.9. The Morgan fingerprint density at radius 1 is 0.444 bits per heavy atom. The SMILES string of the molecule is Cc1ccc(S(=O)(=O)N(CC(=O)N[C@@H](CCCCN)C(=O)N[C@@H](CC(C)C)C(=O)N[C@@H](CC(C)C)C(=O)N[C@@H](CCCCN)C(=O)N[C@@H](CCCCN)C(=O)N[C@@H](CC(C)C)C(=O)N[C@@H](CC(C)C)C(N)=O)C[C@@H](N)CC(C)C)cc1. The van der Waals surface area contributed by atoms with E-state index >= 15 is 0 Å². The molecule has 8 amide bonds. The van der Waals surface area contributed by atoms with Crippen LogP contribution in [-0.2, 0) is 48.4 Å². The highest BCUT2D eigenvalue weighted by molar-refractivity contribution is 7.89. The lowest BCUT2D eigenvalue weighted by Crippen LogP contribution is -2.60. The van der Waals surface area contributed by atoms with Crippen LogP contribution in [0.4, 0.5) is 0 Å². The molecule has 0 saturated heterocycles. The summed E-state index contributed by atoms with van der Waals surface area (Å²) in [6, 6.07) is -2.44. The lowest BCUT2D eigenvalue weighted by molar-refractivity contribution is -0.136. The average molecular weight is 1160 g/mol. The second-order valence-corrected chi connectivity index (χ2v) is 25.7. The Morgan fingerprint density at radius 2 is 0.741 bits per heavy atom. The number of primary amides is 1. The van der Waals surface area contributed by atoms with E-state index in [0.717, 1.165) is 9.87 Å². The van der Waals surface area contributed by atoms with Gasteiger partial charge in [-0.05, 0) is 158 Å². The Kier molecular flexibility index (Phi) is 35.0. The molecule has 0 radical (unpaired) electrons. The Labute approximate surface area is 483 Å². The molecular formula is C57H105N13O10S. The van der Waals surface area contributed by atoms with E-state index in [2.05, 4.69) is 37.2 Å². The third-order valence-electron chi connectivity index (χ3n) is 13.3. The van der Waals surface area contributed by atoms with Crippen LogP contribution in [0.1, 0.15) is 165 Å². The van der Waals surface area contributed by atoms with Crippen LogP contribution in [0.25, 0.3) is 0 Å². The van der Waals surface area contributed by atoms with Crippen LogP contribution >= 0.6 is 0 Å². The Hall–Kier alpha value is -5.27. The third kappa shape index (κ3) is 29.5. The first-order chi connectivity index (χ1) is 37.9. The summed E-state index contributed by atoms with van der Waals surface area (Å²) in [5.41, 5.74) is 30.3. The number of amides is 8. The molecule has 0 spiro atoms. The van der Waals surface area contributed by atoms with Crippen molar-refractivity contribution in [1.82, 2.24) is 41.5 Å². The van der Waals surface area contributed by atoms with Gasteiger partial charge in [0, 0.05) is 12.6 Å². The number of sulfonamides is 1. The van der Waals surface area contributed by atoms with Crippen molar-refractivity contribution >= 4 is 57.3 Å². The summed E-state index contributed by atoms with van der Waals surface area (Å²) < 4.78 is 29.0. The summed E-state index contributed by atoms with van der Waals surface area (Å²) in [7, 11) is -4.22. The molecule has 1 rings (SSSR count). The van der Waals surface area contributed by atoms with Gasteiger partial charge in [0.1, 0.15) is 42.3 Å². The first-order valence-electron chi connectivity index (χ1n) is 29.3. The number of carbonyl (C=O) groups excluding carboxylic acids is 8. The quantitative estimate of drug-likeness (QED) is 0.0416. The van der Waals surface area contributed by atoms with Gasteiger partial charge in [0.2, 0.25) is 57.3 Å². The van der Waals surface area contributed by atoms with Crippen molar-refractivity contribution in [3.8, 4) is 0 Å². The number of nitrogens with one attached hydrogen (secondary N) is 7. The van der Waals surface area contributed by atoms with Gasteiger partial charge in [0.15, 0.2) is 0 Å². The molecule has 0 unspecified atom stereocenters. The molecule has 464 valence electrons. The largest absolute Gasteiger partial charge is 0.368 e. The number of rotatable bonds is 42. The van der Waals surface area contributed by atoms with Gasteiger partial charge in [-0.2, -0.15) is 4.31 Å². The molecule has 0 aliphatic heterocycles. The van der Waals surface area contributed by atoms with Gasteiger partial charge in [-0.25, -0.2) is 8.42 Å². The van der Waals surface area contributed by atoms with Crippen molar-refractivity contribution in [2.24, 2.45) is 58.3 Å². The molecule has 1 aromatic rings. The summed E-state index contributed by atoms with van der Waals surface area (Å²) in [5.74, 6) is -5.76. The highest BCUT2D eigenvalue weighted by Crippen LogP contribution is 2.19. The number of hydrogen-bond acceptors (Lipinski definition) is 14. The van der Waals surface area contributed by atoms with E-state index in [1.54, 1.807) is 12.1 Å². The predicted molar refractivity (Wildman–Crippen MR) is 317 cm³/mol. The summed E-state index contributed by atoms with van der Waals surface area (Å²) in [5, 5.41) is 19.4. The zero-order valence-corrected chi connectivity index (χ0v) is 51.4. The van der Waals surface area contributed by atoms with Crippen molar-refractivity contribution in [2.45, 2.75) is 219 Å². The van der Waals surface area contributed by atoms with Gasteiger partial charge in [0.25, 0.3) is 0 Å². The molecule has 24 heteroatoms. The summed E-state index contributed by atoms with van der Waals surface area (Å²) in [6.45, 7) is 20.7. The number of unbranched alkanes of at least 4 members (excludes halogenated alkanes) is 3. The smallest absolute Gasteiger partial charge is 0.243 e. The highest BCUT2D eigenvalue weighted by atomic mass is 32.2. The van der Waals surface area contributed by atoms with Gasteiger partial charge in [0.05, 0.1) is 11.4 Å². The topological polar surface area (TPSA) is 388 Å². The molecule has 81 heavy (non-hydrogen) atoms. The van der Waals surface area contributed by atoms with Gasteiger partial charge in [-0.15, -0.1) is 0 Å². The number of nitrogens with zero attached hydrogens (tertiary/aromatic N) is 1. The van der Waals surface area contributed by atoms with Crippen LogP contribution < -0.4 is 65.9 Å². The molecule has 0 aromatic heterocycles. The minimum Gasteiger partial charge on any atom is -0.368 e. The minimum atomic E-state index is -4.22. The lowest BCUT2D eigenvalue weighted by Gasteiger charge is -2.29. The van der Waals surface area contributed by atoms with Crippen LogP contribution in [0.3, 0.4) is 0 Å². The maximum Gasteiger partial charge on any atom is 0.243 e. The average Bonchev–Trinajstić information content (AvgIpc) is 3.35. The standard InChI is InChI=1S/C57H105N13O10S/c1-35(2)28-41(61)33-70(81(79,80)42-23-21-40(11)22-24-42)34-50(71)63-43(18-12-15-25-58)52(73)67-49(32-39(9)10)57(78)69-47(30-37(5)6)55(76)65-44(19-13-16-26-59)53(74)64-45(20-14-17-27-60)54(75)68-48(31-38(7)8)56(77)66-46(51(62)72)29-36(3)4/h21-24,35-39,41,43-49H,12-20,25-34,58-61H2,1-11H3,(H2,62,72)(H,63,71)(H,64,74)(H,65,76)(H,66,77)(H,67,73)(H,68,75)(H,69,78)/t41-,43-,44-,45-,46-,47-,48-,49-/m0/s1. The van der Waals surface area contributed by atoms with Crippen molar-refractivity contribution in [2.75, 3.05) is 32.7 Å². The Bertz CT molecular complexity index is 2210. The fourth-order valence-electron chi connectivity index (χ4n) is 9.19. The highest BCUT2D eigenvalue weighted by Gasteiger charge is 2.36. The second kappa shape index (κ2) is 38.5. The van der Waals surface area contributed by atoms with E-state index in [1.165, 1.54) is 12.1 Å². The van der Waals surface area contributed by atoms with E-state index in [4.69, 9.17) is 28.7 Å². The zero-order chi connectivity index (χ0) is 61.6. The van der Waals surface area contributed by atoms with Crippen molar-refractivity contribution in [3.63, 3.8) is 0 Å².